The van der Waals surface area contributed by atoms with Gasteiger partial charge in [-0.2, -0.15) is 4.68 Å². The van der Waals surface area contributed by atoms with E-state index in [1.807, 2.05) is 35.7 Å². The maximum Gasteiger partial charge on any atom is 0.143 e. The second-order valence-electron chi connectivity index (χ2n) is 3.92. The second kappa shape index (κ2) is 5.07. The normalized spacial score (nSPS) is 10.5. The Hall–Kier alpha value is -2.41. The first kappa shape index (κ1) is 11.7. The molecule has 0 aliphatic rings. The summed E-state index contributed by atoms with van der Waals surface area (Å²) in [5, 5.41) is 16.5. The van der Waals surface area contributed by atoms with E-state index in [2.05, 4.69) is 20.8 Å². The summed E-state index contributed by atoms with van der Waals surface area (Å²) in [5.41, 5.74) is 8.55. The van der Waals surface area contributed by atoms with Gasteiger partial charge in [0.05, 0.1) is 17.9 Å². The predicted molar refractivity (Wildman–Crippen MR) is 75.2 cm³/mol. The Bertz CT molecular complexity index is 660. The third-order valence-electron chi connectivity index (χ3n) is 2.72. The van der Waals surface area contributed by atoms with Crippen molar-refractivity contribution in [2.75, 3.05) is 11.1 Å². The number of nitrogens with zero attached hydrogens (tertiary/aromatic N) is 4. The smallest absolute Gasteiger partial charge is 0.143 e. The second-order valence-corrected chi connectivity index (χ2v) is 4.92. The number of para-hydroxylation sites is 2. The number of benzene rings is 1. The monoisotopic (exact) mass is 272 g/mol. The van der Waals surface area contributed by atoms with Crippen molar-refractivity contribution in [3.63, 3.8) is 0 Å². The van der Waals surface area contributed by atoms with Crippen molar-refractivity contribution in [1.29, 1.82) is 0 Å². The molecular weight excluding hydrogens is 260 g/mol. The molecule has 3 aromatic rings. The van der Waals surface area contributed by atoms with Crippen molar-refractivity contribution >= 4 is 22.7 Å². The van der Waals surface area contributed by atoms with Crippen LogP contribution in [0.25, 0.3) is 5.69 Å². The van der Waals surface area contributed by atoms with Crippen molar-refractivity contribution in [2.24, 2.45) is 0 Å². The van der Waals surface area contributed by atoms with Gasteiger partial charge in [0.2, 0.25) is 0 Å². The maximum absolute atomic E-state index is 5.87. The summed E-state index contributed by atoms with van der Waals surface area (Å²) in [7, 11) is 0. The maximum atomic E-state index is 5.87. The molecule has 0 atom stereocenters. The van der Waals surface area contributed by atoms with Crippen LogP contribution in [0.15, 0.2) is 42.0 Å². The molecule has 0 fully saturated rings. The minimum absolute atomic E-state index is 0.683. The molecule has 2 aromatic heterocycles. The number of hydrogen-bond acceptors (Lipinski definition) is 6. The average Bonchev–Trinajstić information content (AvgIpc) is 3.08. The van der Waals surface area contributed by atoms with E-state index in [4.69, 9.17) is 5.73 Å². The third kappa shape index (κ3) is 2.41. The summed E-state index contributed by atoms with van der Waals surface area (Å²) in [5.74, 6) is 0. The number of thiophene rings is 1. The molecule has 3 rings (SSSR count). The standard InChI is InChI=1S/C12H12N6S/c13-9-5-6-19-12(9)7-14-10-3-1-2-4-11(10)18-8-15-16-17-18/h1-6,8,14H,7,13H2. The summed E-state index contributed by atoms with van der Waals surface area (Å²) in [6.07, 6.45) is 1.57. The fourth-order valence-corrected chi connectivity index (χ4v) is 2.50. The van der Waals surface area contributed by atoms with Gasteiger partial charge in [-0.25, -0.2) is 0 Å². The van der Waals surface area contributed by atoms with Crippen LogP contribution in [0, 0.1) is 0 Å². The van der Waals surface area contributed by atoms with Crippen LogP contribution >= 0.6 is 11.3 Å². The summed E-state index contributed by atoms with van der Waals surface area (Å²) in [4.78, 5) is 1.12. The number of tetrazole rings is 1. The predicted octanol–water partition coefficient (Wildman–Crippen LogP) is 1.92. The first-order valence-electron chi connectivity index (χ1n) is 5.72. The van der Waals surface area contributed by atoms with Gasteiger partial charge in [-0.05, 0) is 34.0 Å². The molecule has 0 spiro atoms. The van der Waals surface area contributed by atoms with E-state index in [-0.39, 0.29) is 0 Å². The summed E-state index contributed by atoms with van der Waals surface area (Å²) in [6.45, 7) is 0.683. The molecule has 19 heavy (non-hydrogen) atoms. The molecule has 0 saturated heterocycles. The lowest BCUT2D eigenvalue weighted by Gasteiger charge is -2.10. The van der Waals surface area contributed by atoms with Crippen molar-refractivity contribution in [3.8, 4) is 5.69 Å². The largest absolute Gasteiger partial charge is 0.398 e. The fourth-order valence-electron chi connectivity index (χ4n) is 1.76. The Kier molecular flexibility index (Phi) is 3.11. The van der Waals surface area contributed by atoms with Crippen molar-refractivity contribution in [1.82, 2.24) is 20.2 Å². The Morgan fingerprint density at radius 3 is 2.89 bits per heavy atom. The Balaban J connectivity index is 1.84. The molecule has 0 amide bonds. The van der Waals surface area contributed by atoms with Crippen LogP contribution in [0.3, 0.4) is 0 Å². The summed E-state index contributed by atoms with van der Waals surface area (Å²) < 4.78 is 1.63. The Labute approximate surface area is 113 Å². The highest BCUT2D eigenvalue weighted by atomic mass is 32.1. The first-order chi connectivity index (χ1) is 9.34. The zero-order valence-corrected chi connectivity index (χ0v) is 10.8. The number of aromatic nitrogens is 4. The van der Waals surface area contributed by atoms with Gasteiger partial charge in [-0.15, -0.1) is 16.4 Å². The van der Waals surface area contributed by atoms with Gasteiger partial charge >= 0.3 is 0 Å². The van der Waals surface area contributed by atoms with Crippen LogP contribution in [0.1, 0.15) is 4.88 Å². The quantitative estimate of drug-likeness (QED) is 0.758. The molecule has 7 heteroatoms. The molecule has 0 aliphatic carbocycles. The zero-order valence-electron chi connectivity index (χ0n) is 10.0. The highest BCUT2D eigenvalue weighted by Crippen LogP contribution is 2.23. The Morgan fingerprint density at radius 1 is 1.26 bits per heavy atom. The van der Waals surface area contributed by atoms with E-state index in [1.54, 1.807) is 22.3 Å². The number of anilines is 2. The van der Waals surface area contributed by atoms with E-state index in [9.17, 15) is 0 Å². The van der Waals surface area contributed by atoms with E-state index in [0.29, 0.717) is 6.54 Å². The van der Waals surface area contributed by atoms with Crippen LogP contribution in [-0.2, 0) is 6.54 Å². The molecule has 0 unspecified atom stereocenters. The highest BCUT2D eigenvalue weighted by Gasteiger charge is 2.06. The van der Waals surface area contributed by atoms with Crippen LogP contribution in [0.5, 0.6) is 0 Å². The molecule has 0 bridgehead atoms. The lowest BCUT2D eigenvalue weighted by molar-refractivity contribution is 0.789. The SMILES string of the molecule is Nc1ccsc1CNc1ccccc1-n1cnnn1. The van der Waals surface area contributed by atoms with Gasteiger partial charge < -0.3 is 11.1 Å². The van der Waals surface area contributed by atoms with Gasteiger partial charge in [0.15, 0.2) is 0 Å². The average molecular weight is 272 g/mol. The third-order valence-corrected chi connectivity index (χ3v) is 3.66. The lowest BCUT2D eigenvalue weighted by Crippen LogP contribution is -2.05. The van der Waals surface area contributed by atoms with Gasteiger partial charge in [0, 0.05) is 10.6 Å². The van der Waals surface area contributed by atoms with Crippen molar-refractivity contribution in [3.05, 3.63) is 46.9 Å². The van der Waals surface area contributed by atoms with E-state index >= 15 is 0 Å². The summed E-state index contributed by atoms with van der Waals surface area (Å²) >= 11 is 1.64. The fraction of sp³-hybridized carbons (Fsp3) is 0.0833. The van der Waals surface area contributed by atoms with Gasteiger partial charge in [0.1, 0.15) is 6.33 Å². The van der Waals surface area contributed by atoms with E-state index < -0.39 is 0 Å². The van der Waals surface area contributed by atoms with Gasteiger partial charge in [-0.1, -0.05) is 12.1 Å². The van der Waals surface area contributed by atoms with Crippen LogP contribution in [-0.4, -0.2) is 20.2 Å². The van der Waals surface area contributed by atoms with E-state index in [1.165, 1.54) is 0 Å². The van der Waals surface area contributed by atoms with Crippen LogP contribution in [0.2, 0.25) is 0 Å². The molecule has 0 saturated carbocycles. The van der Waals surface area contributed by atoms with Crippen LogP contribution in [0.4, 0.5) is 11.4 Å². The van der Waals surface area contributed by atoms with E-state index in [0.717, 1.165) is 21.9 Å². The van der Waals surface area contributed by atoms with Gasteiger partial charge in [0.25, 0.3) is 0 Å². The molecule has 0 radical (unpaired) electrons. The molecule has 96 valence electrons. The molecule has 2 heterocycles. The zero-order chi connectivity index (χ0) is 13.1. The highest BCUT2D eigenvalue weighted by molar-refractivity contribution is 7.10. The van der Waals surface area contributed by atoms with Gasteiger partial charge in [-0.3, -0.25) is 0 Å². The van der Waals surface area contributed by atoms with Crippen molar-refractivity contribution < 1.29 is 0 Å². The minimum atomic E-state index is 0.683. The number of nitrogen functional groups attached to an aromatic ring is 1. The molecule has 1 aromatic carbocycles. The Morgan fingerprint density at radius 2 is 2.16 bits per heavy atom. The number of rotatable bonds is 4. The lowest BCUT2D eigenvalue weighted by atomic mass is 10.2. The van der Waals surface area contributed by atoms with Crippen LogP contribution < -0.4 is 11.1 Å². The number of nitrogens with two attached hydrogens (primary N) is 1. The molecule has 0 aliphatic heterocycles. The topological polar surface area (TPSA) is 81.6 Å². The van der Waals surface area contributed by atoms with Crippen molar-refractivity contribution in [2.45, 2.75) is 6.54 Å². The molecule has 6 nitrogen and oxygen atoms in total. The number of nitrogens with one attached hydrogen (secondary N) is 1. The molecule has 3 N–H and O–H groups in total. The summed E-state index contributed by atoms with van der Waals surface area (Å²) in [6, 6.07) is 9.77. The minimum Gasteiger partial charge on any atom is -0.398 e. The first-order valence-corrected chi connectivity index (χ1v) is 6.60. The number of hydrogen-bond donors (Lipinski definition) is 2. The molecular formula is C12H12N6S.